The van der Waals surface area contributed by atoms with Gasteiger partial charge < -0.3 is 4.74 Å². The van der Waals surface area contributed by atoms with E-state index in [1.54, 1.807) is 0 Å². The first-order valence-electron chi connectivity index (χ1n) is 5.48. The maximum Gasteiger partial charge on any atom is 0.127 e. The Labute approximate surface area is 105 Å². The molecule has 1 atom stereocenters. The fourth-order valence-corrected chi connectivity index (χ4v) is 1.79. The fraction of sp³-hybridized carbons (Fsp3) is 0.286. The van der Waals surface area contributed by atoms with Gasteiger partial charge in [-0.25, -0.2) is 0 Å². The fourth-order valence-electron chi connectivity index (χ4n) is 1.60. The summed E-state index contributed by atoms with van der Waals surface area (Å²) in [6, 6.07) is 14.5. The molecule has 2 rings (SSSR count). The molecule has 2 aromatic rings. The second-order valence-electron chi connectivity index (χ2n) is 4.05. The zero-order valence-electron chi connectivity index (χ0n) is 9.32. The summed E-state index contributed by atoms with van der Waals surface area (Å²) in [5.74, 6) is 1.50. The van der Waals surface area contributed by atoms with Gasteiger partial charge in [0.15, 0.2) is 0 Å². The van der Waals surface area contributed by atoms with Crippen LogP contribution in [0, 0.1) is 5.92 Å². The van der Waals surface area contributed by atoms with E-state index in [9.17, 15) is 0 Å². The minimum Gasteiger partial charge on any atom is -0.493 e. The Morgan fingerprint density at radius 3 is 2.69 bits per heavy atom. The quantitative estimate of drug-likeness (QED) is 0.760. The molecule has 2 aromatic carbocycles. The predicted octanol–water partition coefficient (Wildman–Crippen LogP) is 4.25. The van der Waals surface area contributed by atoms with Crippen molar-refractivity contribution in [3.63, 3.8) is 0 Å². The molecule has 0 aliphatic heterocycles. The lowest BCUT2D eigenvalue weighted by atomic mass is 10.1. The highest BCUT2D eigenvalue weighted by Crippen LogP contribution is 2.25. The molecule has 84 valence electrons. The predicted molar refractivity (Wildman–Crippen MR) is 72.4 cm³/mol. The number of hydrogen-bond donors (Lipinski definition) is 0. The number of halogens is 1. The van der Waals surface area contributed by atoms with Crippen LogP contribution in [0.1, 0.15) is 6.92 Å². The number of alkyl halides is 1. The van der Waals surface area contributed by atoms with Crippen LogP contribution >= 0.6 is 15.9 Å². The molecule has 16 heavy (non-hydrogen) atoms. The number of benzene rings is 2. The molecule has 0 aliphatic rings. The molecule has 0 heterocycles. The summed E-state index contributed by atoms with van der Waals surface area (Å²) >= 11 is 3.46. The van der Waals surface area contributed by atoms with Gasteiger partial charge in [0.25, 0.3) is 0 Å². The molecular formula is C14H15BrO. The summed E-state index contributed by atoms with van der Waals surface area (Å²) in [7, 11) is 0. The van der Waals surface area contributed by atoms with Crippen LogP contribution in [0.4, 0.5) is 0 Å². The monoisotopic (exact) mass is 278 g/mol. The van der Waals surface area contributed by atoms with Gasteiger partial charge in [0, 0.05) is 10.7 Å². The van der Waals surface area contributed by atoms with Crippen molar-refractivity contribution in [1.29, 1.82) is 0 Å². The highest BCUT2D eigenvalue weighted by atomic mass is 79.9. The van der Waals surface area contributed by atoms with E-state index in [-0.39, 0.29) is 0 Å². The van der Waals surface area contributed by atoms with E-state index >= 15 is 0 Å². The average Bonchev–Trinajstić information content (AvgIpc) is 2.35. The van der Waals surface area contributed by atoms with Gasteiger partial charge in [-0.1, -0.05) is 59.3 Å². The highest BCUT2D eigenvalue weighted by molar-refractivity contribution is 9.09. The summed E-state index contributed by atoms with van der Waals surface area (Å²) in [6.45, 7) is 2.92. The highest BCUT2D eigenvalue weighted by Gasteiger charge is 2.04. The van der Waals surface area contributed by atoms with Gasteiger partial charge in [-0.2, -0.15) is 0 Å². The van der Waals surface area contributed by atoms with Crippen molar-refractivity contribution >= 4 is 26.7 Å². The van der Waals surface area contributed by atoms with Gasteiger partial charge in [-0.05, 0) is 17.4 Å². The van der Waals surface area contributed by atoms with Crippen molar-refractivity contribution in [2.75, 3.05) is 11.9 Å². The van der Waals surface area contributed by atoms with Crippen molar-refractivity contribution in [2.45, 2.75) is 6.92 Å². The first kappa shape index (κ1) is 11.5. The number of ether oxygens (including phenoxy) is 1. The molecule has 1 nitrogen and oxygen atoms in total. The molecule has 0 amide bonds. The zero-order chi connectivity index (χ0) is 11.4. The first-order chi connectivity index (χ1) is 7.81. The van der Waals surface area contributed by atoms with E-state index in [1.807, 2.05) is 24.3 Å². The van der Waals surface area contributed by atoms with E-state index < -0.39 is 0 Å². The van der Waals surface area contributed by atoms with Crippen LogP contribution in [0.25, 0.3) is 10.8 Å². The van der Waals surface area contributed by atoms with Gasteiger partial charge in [0.1, 0.15) is 5.75 Å². The molecule has 0 aliphatic carbocycles. The third-order valence-electron chi connectivity index (χ3n) is 2.54. The second-order valence-corrected chi connectivity index (χ2v) is 4.70. The molecule has 0 saturated heterocycles. The van der Waals surface area contributed by atoms with Crippen LogP contribution in [-0.2, 0) is 0 Å². The summed E-state index contributed by atoms with van der Waals surface area (Å²) in [5.41, 5.74) is 0. The minimum absolute atomic E-state index is 0.527. The Morgan fingerprint density at radius 2 is 1.88 bits per heavy atom. The summed E-state index contributed by atoms with van der Waals surface area (Å²) in [5, 5.41) is 3.39. The van der Waals surface area contributed by atoms with Crippen molar-refractivity contribution < 1.29 is 4.74 Å². The van der Waals surface area contributed by atoms with E-state index in [4.69, 9.17) is 4.74 Å². The zero-order valence-corrected chi connectivity index (χ0v) is 10.9. The molecule has 1 unspecified atom stereocenters. The number of fused-ring (bicyclic) bond motifs is 1. The molecule has 0 N–H and O–H groups in total. The smallest absolute Gasteiger partial charge is 0.127 e. The van der Waals surface area contributed by atoms with Crippen molar-refractivity contribution in [3.8, 4) is 5.75 Å². The van der Waals surface area contributed by atoms with Crippen LogP contribution in [0.15, 0.2) is 42.5 Å². The third kappa shape index (κ3) is 2.56. The Balaban J connectivity index is 2.23. The Bertz CT molecular complexity index is 462. The van der Waals surface area contributed by atoms with Crippen molar-refractivity contribution in [2.24, 2.45) is 5.92 Å². The third-order valence-corrected chi connectivity index (χ3v) is 3.64. The Morgan fingerprint density at radius 1 is 1.12 bits per heavy atom. The van der Waals surface area contributed by atoms with Crippen LogP contribution in [0.3, 0.4) is 0 Å². The molecule has 2 heteroatoms. The summed E-state index contributed by atoms with van der Waals surface area (Å²) in [6.07, 6.45) is 0. The van der Waals surface area contributed by atoms with Gasteiger partial charge >= 0.3 is 0 Å². The van der Waals surface area contributed by atoms with E-state index in [0.29, 0.717) is 5.92 Å². The average molecular weight is 279 g/mol. The second kappa shape index (κ2) is 5.35. The number of rotatable bonds is 4. The van der Waals surface area contributed by atoms with E-state index in [1.165, 1.54) is 10.8 Å². The lowest BCUT2D eigenvalue weighted by Crippen LogP contribution is -2.09. The molecule has 0 radical (unpaired) electrons. The van der Waals surface area contributed by atoms with Crippen molar-refractivity contribution in [1.82, 2.24) is 0 Å². The molecule has 0 spiro atoms. The molecule has 0 bridgehead atoms. The van der Waals surface area contributed by atoms with Crippen molar-refractivity contribution in [3.05, 3.63) is 42.5 Å². The normalized spacial score (nSPS) is 12.6. The largest absolute Gasteiger partial charge is 0.493 e. The summed E-state index contributed by atoms with van der Waals surface area (Å²) in [4.78, 5) is 0. The molecule has 0 aromatic heterocycles. The first-order valence-corrected chi connectivity index (χ1v) is 6.60. The Hall–Kier alpha value is -1.02. The topological polar surface area (TPSA) is 9.23 Å². The molecule has 0 fully saturated rings. The summed E-state index contributed by atoms with van der Waals surface area (Å²) < 4.78 is 5.84. The standard InChI is InChI=1S/C14H15BrO/c1-11(9-15)10-16-14-8-4-6-12-5-2-3-7-13(12)14/h2-8,11H,9-10H2,1H3. The van der Waals surface area contributed by atoms with Gasteiger partial charge in [-0.15, -0.1) is 0 Å². The minimum atomic E-state index is 0.527. The van der Waals surface area contributed by atoms with Crippen LogP contribution < -0.4 is 4.74 Å². The van der Waals surface area contributed by atoms with Crippen LogP contribution in [0.5, 0.6) is 5.75 Å². The van der Waals surface area contributed by atoms with Gasteiger partial charge in [0.05, 0.1) is 6.61 Å². The molecule has 0 saturated carbocycles. The van der Waals surface area contributed by atoms with E-state index in [2.05, 4.69) is 41.1 Å². The number of hydrogen-bond acceptors (Lipinski definition) is 1. The van der Waals surface area contributed by atoms with Gasteiger partial charge in [0.2, 0.25) is 0 Å². The van der Waals surface area contributed by atoms with E-state index in [0.717, 1.165) is 17.7 Å². The maximum absolute atomic E-state index is 5.84. The van der Waals surface area contributed by atoms with Crippen LogP contribution in [-0.4, -0.2) is 11.9 Å². The van der Waals surface area contributed by atoms with Crippen LogP contribution in [0.2, 0.25) is 0 Å². The van der Waals surface area contributed by atoms with Gasteiger partial charge in [-0.3, -0.25) is 0 Å². The Kier molecular flexibility index (Phi) is 3.83. The molecular weight excluding hydrogens is 264 g/mol. The lowest BCUT2D eigenvalue weighted by Gasteiger charge is -2.12. The SMILES string of the molecule is CC(CBr)COc1cccc2ccccc12. The lowest BCUT2D eigenvalue weighted by molar-refractivity contribution is 0.277. The maximum atomic E-state index is 5.84.